The van der Waals surface area contributed by atoms with Crippen LogP contribution in [0.25, 0.3) is 0 Å². The zero-order chi connectivity index (χ0) is 15.6. The molecular formula is C12H8FIN2O4S. The van der Waals surface area contributed by atoms with E-state index >= 15 is 0 Å². The molecule has 110 valence electrons. The maximum Gasteiger partial charge on any atom is 0.304 e. The summed E-state index contributed by atoms with van der Waals surface area (Å²) in [6, 6.07) is 9.01. The van der Waals surface area contributed by atoms with Crippen LogP contribution in [0.1, 0.15) is 0 Å². The molecule has 0 saturated heterocycles. The third kappa shape index (κ3) is 3.67. The van der Waals surface area contributed by atoms with Crippen molar-refractivity contribution in [1.82, 2.24) is 0 Å². The second-order valence-corrected chi connectivity index (χ2v) is 6.91. The molecule has 0 saturated carbocycles. The summed E-state index contributed by atoms with van der Waals surface area (Å²) < 4.78 is 40.8. The molecule has 0 radical (unpaired) electrons. The van der Waals surface area contributed by atoms with Gasteiger partial charge in [-0.2, -0.15) is 4.39 Å². The van der Waals surface area contributed by atoms with E-state index in [2.05, 4.69) is 4.72 Å². The molecule has 2 aromatic rings. The van der Waals surface area contributed by atoms with Gasteiger partial charge < -0.3 is 0 Å². The van der Waals surface area contributed by atoms with Crippen LogP contribution >= 0.6 is 22.6 Å². The summed E-state index contributed by atoms with van der Waals surface area (Å²) in [7, 11) is -4.01. The van der Waals surface area contributed by atoms with Gasteiger partial charge in [-0.3, -0.25) is 14.8 Å². The summed E-state index contributed by atoms with van der Waals surface area (Å²) >= 11 is 2.02. The molecule has 0 atom stereocenters. The predicted molar refractivity (Wildman–Crippen MR) is 83.0 cm³/mol. The standard InChI is InChI=1S/C12H8FIN2O4S/c13-11-7-10(4-5-12(11)16(17)18)21(19,20)15-9-3-1-2-8(14)6-9/h1-7,15H. The van der Waals surface area contributed by atoms with Crippen molar-refractivity contribution in [1.29, 1.82) is 0 Å². The number of sulfonamides is 1. The lowest BCUT2D eigenvalue weighted by molar-refractivity contribution is -0.387. The molecule has 0 spiro atoms. The maximum absolute atomic E-state index is 13.5. The maximum atomic E-state index is 13.5. The van der Waals surface area contributed by atoms with Crippen molar-refractivity contribution in [3.63, 3.8) is 0 Å². The quantitative estimate of drug-likeness (QED) is 0.466. The van der Waals surface area contributed by atoms with Gasteiger partial charge in [-0.15, -0.1) is 0 Å². The second-order valence-electron chi connectivity index (χ2n) is 3.99. The van der Waals surface area contributed by atoms with E-state index < -0.39 is 26.5 Å². The summed E-state index contributed by atoms with van der Waals surface area (Å²) in [6.45, 7) is 0. The molecule has 2 aromatic carbocycles. The molecule has 21 heavy (non-hydrogen) atoms. The molecule has 0 aliphatic heterocycles. The van der Waals surface area contributed by atoms with Gasteiger partial charge in [-0.25, -0.2) is 8.42 Å². The third-order valence-electron chi connectivity index (χ3n) is 2.50. The summed E-state index contributed by atoms with van der Waals surface area (Å²) in [5, 5.41) is 10.5. The molecule has 2 rings (SSSR count). The first-order chi connectivity index (χ1) is 9.79. The van der Waals surface area contributed by atoms with Gasteiger partial charge in [0.15, 0.2) is 0 Å². The number of nitrogens with one attached hydrogen (secondary N) is 1. The highest BCUT2D eigenvalue weighted by atomic mass is 127. The van der Waals surface area contributed by atoms with E-state index in [0.29, 0.717) is 11.8 Å². The first-order valence-electron chi connectivity index (χ1n) is 5.52. The molecule has 0 unspecified atom stereocenters. The Bertz CT molecular complexity index is 811. The van der Waals surface area contributed by atoms with Crippen molar-refractivity contribution in [3.05, 3.63) is 62.0 Å². The van der Waals surface area contributed by atoms with Crippen LogP contribution in [0.2, 0.25) is 0 Å². The number of nitro benzene ring substituents is 1. The molecule has 0 aliphatic carbocycles. The van der Waals surface area contributed by atoms with Crippen LogP contribution in [0.4, 0.5) is 15.8 Å². The third-order valence-corrected chi connectivity index (χ3v) is 4.55. The fraction of sp³-hybridized carbons (Fsp3) is 0. The van der Waals surface area contributed by atoms with Gasteiger partial charge in [0, 0.05) is 21.4 Å². The largest absolute Gasteiger partial charge is 0.304 e. The van der Waals surface area contributed by atoms with Crippen molar-refractivity contribution >= 4 is 44.0 Å². The van der Waals surface area contributed by atoms with E-state index in [1.165, 1.54) is 0 Å². The minimum absolute atomic E-state index is 0.320. The number of nitro groups is 1. The van der Waals surface area contributed by atoms with Crippen molar-refractivity contribution < 1.29 is 17.7 Å². The van der Waals surface area contributed by atoms with Crippen LogP contribution in [-0.2, 0) is 10.0 Å². The topological polar surface area (TPSA) is 89.3 Å². The van der Waals surface area contributed by atoms with E-state index in [1.54, 1.807) is 24.3 Å². The average molecular weight is 422 g/mol. The van der Waals surface area contributed by atoms with Gasteiger partial charge in [0.25, 0.3) is 10.0 Å². The van der Waals surface area contributed by atoms with Crippen molar-refractivity contribution in [2.75, 3.05) is 4.72 Å². The Morgan fingerprint density at radius 3 is 2.48 bits per heavy atom. The van der Waals surface area contributed by atoms with Gasteiger partial charge in [0.2, 0.25) is 5.82 Å². The van der Waals surface area contributed by atoms with Gasteiger partial charge in [0.1, 0.15) is 0 Å². The zero-order valence-corrected chi connectivity index (χ0v) is 13.3. The molecule has 0 amide bonds. The highest BCUT2D eigenvalue weighted by Crippen LogP contribution is 2.23. The number of hydrogen-bond acceptors (Lipinski definition) is 4. The number of rotatable bonds is 4. The molecule has 9 heteroatoms. The van der Waals surface area contributed by atoms with Crippen molar-refractivity contribution in [3.8, 4) is 0 Å². The lowest BCUT2D eigenvalue weighted by Crippen LogP contribution is -2.13. The molecule has 6 nitrogen and oxygen atoms in total. The van der Waals surface area contributed by atoms with Crippen LogP contribution in [0, 0.1) is 19.5 Å². The van der Waals surface area contributed by atoms with Crippen molar-refractivity contribution in [2.24, 2.45) is 0 Å². The summed E-state index contributed by atoms with van der Waals surface area (Å²) in [5.41, 5.74) is -0.455. The van der Waals surface area contributed by atoms with Crippen LogP contribution < -0.4 is 4.72 Å². The number of hydrogen-bond donors (Lipinski definition) is 1. The fourth-order valence-electron chi connectivity index (χ4n) is 1.57. The van der Waals surface area contributed by atoms with E-state index in [4.69, 9.17) is 0 Å². The van der Waals surface area contributed by atoms with Crippen LogP contribution in [-0.4, -0.2) is 13.3 Å². The molecule has 0 aromatic heterocycles. The lowest BCUT2D eigenvalue weighted by atomic mass is 10.3. The Morgan fingerprint density at radius 1 is 1.19 bits per heavy atom. The fourth-order valence-corrected chi connectivity index (χ4v) is 3.17. The number of halogens is 2. The molecular weight excluding hydrogens is 414 g/mol. The van der Waals surface area contributed by atoms with Crippen LogP contribution in [0.3, 0.4) is 0 Å². The Morgan fingerprint density at radius 2 is 1.90 bits per heavy atom. The summed E-state index contributed by atoms with van der Waals surface area (Å²) in [6.07, 6.45) is 0. The van der Waals surface area contributed by atoms with Gasteiger partial charge in [-0.05, 0) is 46.9 Å². The first kappa shape index (κ1) is 15.6. The Balaban J connectivity index is 2.36. The second kappa shape index (κ2) is 5.93. The molecule has 0 bridgehead atoms. The van der Waals surface area contributed by atoms with Crippen LogP contribution in [0.5, 0.6) is 0 Å². The Labute approximate surface area is 133 Å². The minimum atomic E-state index is -4.01. The van der Waals surface area contributed by atoms with Gasteiger partial charge in [0.05, 0.1) is 9.82 Å². The Hall–Kier alpha value is -1.75. The van der Waals surface area contributed by atoms with E-state index in [-0.39, 0.29) is 4.90 Å². The van der Waals surface area contributed by atoms with E-state index in [0.717, 1.165) is 15.7 Å². The summed E-state index contributed by atoms with van der Waals surface area (Å²) in [4.78, 5) is 9.21. The molecule has 1 N–H and O–H groups in total. The SMILES string of the molecule is O=[N+]([O-])c1ccc(S(=O)(=O)Nc2cccc(I)c2)cc1F. The first-order valence-corrected chi connectivity index (χ1v) is 8.08. The predicted octanol–water partition coefficient (Wildman–Crippen LogP) is 3.14. The summed E-state index contributed by atoms with van der Waals surface area (Å²) in [5.74, 6) is -1.20. The molecule has 0 heterocycles. The van der Waals surface area contributed by atoms with Crippen molar-refractivity contribution in [2.45, 2.75) is 4.90 Å². The monoisotopic (exact) mass is 422 g/mol. The lowest BCUT2D eigenvalue weighted by Gasteiger charge is -2.08. The highest BCUT2D eigenvalue weighted by Gasteiger charge is 2.20. The minimum Gasteiger partial charge on any atom is -0.280 e. The molecule has 0 aliphatic rings. The zero-order valence-electron chi connectivity index (χ0n) is 10.3. The molecule has 0 fully saturated rings. The van der Waals surface area contributed by atoms with Gasteiger partial charge >= 0.3 is 5.69 Å². The van der Waals surface area contributed by atoms with E-state index in [9.17, 15) is 22.9 Å². The average Bonchev–Trinajstić information content (AvgIpc) is 2.37. The normalized spacial score (nSPS) is 11.1. The Kier molecular flexibility index (Phi) is 4.42. The van der Waals surface area contributed by atoms with E-state index in [1.807, 2.05) is 22.6 Å². The van der Waals surface area contributed by atoms with Gasteiger partial charge in [-0.1, -0.05) is 6.07 Å². The smallest absolute Gasteiger partial charge is 0.280 e. The highest BCUT2D eigenvalue weighted by molar-refractivity contribution is 14.1. The number of benzene rings is 2. The van der Waals surface area contributed by atoms with Crippen LogP contribution in [0.15, 0.2) is 47.4 Å². The number of nitrogens with zero attached hydrogens (tertiary/aromatic N) is 1. The number of anilines is 1.